The zero-order valence-corrected chi connectivity index (χ0v) is 18.1. The van der Waals surface area contributed by atoms with Crippen LogP contribution in [0.15, 0.2) is 24.0 Å². The summed E-state index contributed by atoms with van der Waals surface area (Å²) in [5.74, 6) is 1.68. The highest BCUT2D eigenvalue weighted by Crippen LogP contribution is 2.59. The van der Waals surface area contributed by atoms with Gasteiger partial charge in [0, 0.05) is 29.7 Å². The number of rotatable bonds is 3. The van der Waals surface area contributed by atoms with Crippen molar-refractivity contribution in [2.75, 3.05) is 34.4 Å². The lowest BCUT2D eigenvalue weighted by Crippen LogP contribution is -3.00. The molecule has 1 aliphatic heterocycles. The normalized spacial score (nSPS) is 36.6. The number of fused-ring (bicyclic) bond motifs is 1. The first-order valence-electron chi connectivity index (χ1n) is 9.57. The summed E-state index contributed by atoms with van der Waals surface area (Å²) in [5, 5.41) is 21.7. The predicted molar refractivity (Wildman–Crippen MR) is 99.2 cm³/mol. The molecule has 0 aromatic heterocycles. The van der Waals surface area contributed by atoms with Gasteiger partial charge >= 0.3 is 0 Å². The third-order valence-electron chi connectivity index (χ3n) is 7.48. The van der Waals surface area contributed by atoms with Crippen LogP contribution < -0.4 is 21.7 Å². The first-order chi connectivity index (χ1) is 12.4. The maximum atomic E-state index is 11.0. The summed E-state index contributed by atoms with van der Waals surface area (Å²) in [6.45, 7) is 4.39. The quantitative estimate of drug-likeness (QED) is 0.614. The summed E-state index contributed by atoms with van der Waals surface area (Å²) in [6.07, 6.45) is 3.97. The molecule has 3 aliphatic rings. The van der Waals surface area contributed by atoms with Gasteiger partial charge in [0.25, 0.3) is 0 Å². The number of aliphatic hydroxyl groups excluding tert-OH is 1. The topological polar surface area (TPSA) is 58.9 Å². The molecule has 27 heavy (non-hydrogen) atoms. The van der Waals surface area contributed by atoms with Gasteiger partial charge in [-0.05, 0) is 31.1 Å². The Bertz CT molecular complexity index is 767. The van der Waals surface area contributed by atoms with Crippen molar-refractivity contribution in [3.63, 3.8) is 0 Å². The summed E-state index contributed by atoms with van der Waals surface area (Å²) in [7, 11) is 5.56. The zero-order valence-electron chi connectivity index (χ0n) is 16.5. The van der Waals surface area contributed by atoms with Crippen molar-refractivity contribution in [2.24, 2.45) is 5.92 Å². The first-order valence-corrected chi connectivity index (χ1v) is 9.57. The van der Waals surface area contributed by atoms with E-state index in [1.165, 1.54) is 5.56 Å². The van der Waals surface area contributed by atoms with Crippen LogP contribution in [0.3, 0.4) is 0 Å². The van der Waals surface area contributed by atoms with E-state index in [4.69, 9.17) is 9.47 Å². The number of aromatic hydroxyl groups is 1. The minimum atomic E-state index is -0.632. The second-order valence-electron chi connectivity index (χ2n) is 8.37. The van der Waals surface area contributed by atoms with Crippen molar-refractivity contribution in [3.8, 4) is 11.5 Å². The van der Waals surface area contributed by atoms with E-state index in [1.54, 1.807) is 14.2 Å². The number of halogens is 1. The van der Waals surface area contributed by atoms with Gasteiger partial charge in [0.05, 0.1) is 34.4 Å². The van der Waals surface area contributed by atoms with Crippen molar-refractivity contribution in [3.05, 3.63) is 35.1 Å². The van der Waals surface area contributed by atoms with Gasteiger partial charge in [-0.2, -0.15) is 0 Å². The average Bonchev–Trinajstić information content (AvgIpc) is 2.64. The SMILES string of the molecule is CC[N+]1(C)CC[C@]23CC(O)C(OC)=C[C@H]2[C@H]1Cc1ccc(OC)c(O)c13.[Br-]. The van der Waals surface area contributed by atoms with Crippen molar-refractivity contribution < 1.29 is 41.2 Å². The summed E-state index contributed by atoms with van der Waals surface area (Å²) in [6, 6.07) is 4.39. The van der Waals surface area contributed by atoms with E-state index in [1.807, 2.05) is 6.07 Å². The molecular weight excluding hydrogens is 410 g/mol. The number of methoxy groups -OCH3 is 2. The summed E-state index contributed by atoms with van der Waals surface area (Å²) in [4.78, 5) is 0. The molecule has 2 bridgehead atoms. The number of nitrogens with zero attached hydrogens (tertiary/aromatic N) is 1. The lowest BCUT2D eigenvalue weighted by molar-refractivity contribution is -0.942. The van der Waals surface area contributed by atoms with E-state index in [0.717, 1.165) is 36.0 Å². The van der Waals surface area contributed by atoms with Gasteiger partial charge in [-0.15, -0.1) is 0 Å². The summed E-state index contributed by atoms with van der Waals surface area (Å²) >= 11 is 0. The van der Waals surface area contributed by atoms with Crippen LogP contribution in [0.1, 0.15) is 30.9 Å². The molecule has 0 saturated carbocycles. The predicted octanol–water partition coefficient (Wildman–Crippen LogP) is -0.651. The van der Waals surface area contributed by atoms with E-state index in [2.05, 4.69) is 26.1 Å². The Morgan fingerprint density at radius 2 is 2.00 bits per heavy atom. The molecule has 2 N–H and O–H groups in total. The highest BCUT2D eigenvalue weighted by molar-refractivity contribution is 5.57. The monoisotopic (exact) mass is 439 g/mol. The Morgan fingerprint density at radius 3 is 2.63 bits per heavy atom. The number of benzene rings is 1. The maximum absolute atomic E-state index is 11.0. The highest BCUT2D eigenvalue weighted by atomic mass is 79.9. The number of piperidine rings is 1. The van der Waals surface area contributed by atoms with Gasteiger partial charge in [-0.3, -0.25) is 0 Å². The van der Waals surface area contributed by atoms with Gasteiger partial charge in [-0.1, -0.05) is 6.07 Å². The standard InChI is InChI=1S/C21H29NO4.BrH/c1-5-22(2)9-8-21-12-16(23)18(26-4)11-14(21)15(22)10-13-6-7-17(25-3)20(24)19(13)21;/h6-7,11,14-16,23H,5,8-10,12H2,1-4H3;1H/t14-,15+,16?,21-,22?;/m0./s1. The number of phenols is 1. The van der Waals surface area contributed by atoms with Crippen LogP contribution in [0.2, 0.25) is 0 Å². The van der Waals surface area contributed by atoms with Gasteiger partial charge in [0.15, 0.2) is 11.5 Å². The largest absolute Gasteiger partial charge is 1.00 e. The number of likely N-dealkylation sites (N-methyl/N-ethyl adjacent to an activating group) is 1. The zero-order chi connectivity index (χ0) is 18.7. The molecule has 1 heterocycles. The number of hydrogen-bond donors (Lipinski definition) is 2. The number of aliphatic hydroxyl groups is 1. The lowest BCUT2D eigenvalue weighted by atomic mass is 9.52. The molecule has 150 valence electrons. The number of likely N-dealkylation sites (tertiary alicyclic amines) is 1. The van der Waals surface area contributed by atoms with Crippen molar-refractivity contribution in [1.82, 2.24) is 0 Å². The van der Waals surface area contributed by atoms with Crippen molar-refractivity contribution in [2.45, 2.75) is 43.7 Å². The van der Waals surface area contributed by atoms with E-state index in [0.29, 0.717) is 24.0 Å². The maximum Gasteiger partial charge on any atom is 0.161 e. The third kappa shape index (κ3) is 2.71. The average molecular weight is 440 g/mol. The Kier molecular flexibility index (Phi) is 5.30. The first kappa shape index (κ1) is 20.5. The van der Waals surface area contributed by atoms with E-state index >= 15 is 0 Å². The van der Waals surface area contributed by atoms with Crippen LogP contribution in [0, 0.1) is 5.92 Å². The molecule has 1 aromatic carbocycles. The lowest BCUT2D eigenvalue weighted by Gasteiger charge is -2.60. The van der Waals surface area contributed by atoms with Gasteiger partial charge in [-0.25, -0.2) is 0 Å². The Hall–Kier alpha value is -1.24. The van der Waals surface area contributed by atoms with Gasteiger partial charge in [0.2, 0.25) is 0 Å². The number of phenolic OH excluding ortho intramolecular Hbond substituents is 1. The Labute approximate surface area is 171 Å². The molecule has 5 atom stereocenters. The molecule has 4 rings (SSSR count). The van der Waals surface area contributed by atoms with Crippen LogP contribution >= 0.6 is 0 Å². The number of ether oxygens (including phenoxy) is 2. The van der Waals surface area contributed by atoms with E-state index < -0.39 is 6.10 Å². The molecule has 1 fully saturated rings. The fourth-order valence-electron chi connectivity index (χ4n) is 5.85. The summed E-state index contributed by atoms with van der Waals surface area (Å²) < 4.78 is 11.9. The van der Waals surface area contributed by atoms with Crippen LogP contribution in [0.25, 0.3) is 0 Å². The fraction of sp³-hybridized carbons (Fsp3) is 0.619. The van der Waals surface area contributed by atoms with E-state index in [9.17, 15) is 10.2 Å². The molecular formula is C21H30BrNO4. The molecule has 2 aliphatic carbocycles. The smallest absolute Gasteiger partial charge is 0.161 e. The molecule has 1 aromatic rings. The van der Waals surface area contributed by atoms with Crippen LogP contribution in [-0.4, -0.2) is 61.2 Å². The van der Waals surface area contributed by atoms with Gasteiger partial charge < -0.3 is 41.2 Å². The molecule has 6 heteroatoms. The molecule has 5 nitrogen and oxygen atoms in total. The van der Waals surface area contributed by atoms with Crippen LogP contribution in [0.5, 0.6) is 11.5 Å². The molecule has 2 unspecified atom stereocenters. The van der Waals surface area contributed by atoms with E-state index in [-0.39, 0.29) is 34.1 Å². The summed E-state index contributed by atoms with van der Waals surface area (Å²) in [5.41, 5.74) is 1.93. The van der Waals surface area contributed by atoms with Crippen molar-refractivity contribution >= 4 is 0 Å². The minimum absolute atomic E-state index is 0. The molecule has 1 saturated heterocycles. The Morgan fingerprint density at radius 1 is 1.26 bits per heavy atom. The third-order valence-corrected chi connectivity index (χ3v) is 7.48. The van der Waals surface area contributed by atoms with Crippen LogP contribution in [0.4, 0.5) is 0 Å². The second-order valence-corrected chi connectivity index (χ2v) is 8.37. The molecule has 0 amide bonds. The second kappa shape index (κ2) is 6.98. The highest BCUT2D eigenvalue weighted by Gasteiger charge is 2.61. The fourth-order valence-corrected chi connectivity index (χ4v) is 5.85. The number of hydrogen-bond acceptors (Lipinski definition) is 4. The molecule has 0 spiro atoms. The van der Waals surface area contributed by atoms with Gasteiger partial charge in [0.1, 0.15) is 17.9 Å². The van der Waals surface area contributed by atoms with Crippen molar-refractivity contribution in [1.29, 1.82) is 0 Å². The van der Waals surface area contributed by atoms with Crippen LogP contribution in [-0.2, 0) is 16.6 Å². The molecule has 0 radical (unpaired) electrons. The minimum Gasteiger partial charge on any atom is -1.00 e. The number of quaternary nitrogens is 1. The Balaban J connectivity index is 0.00000210.